The summed E-state index contributed by atoms with van der Waals surface area (Å²) < 4.78 is 0. The molecule has 1 aliphatic carbocycles. The molecule has 1 saturated carbocycles. The molecule has 1 N–H and O–H groups in total. The van der Waals surface area contributed by atoms with E-state index in [4.69, 9.17) is 11.6 Å². The molecule has 0 aliphatic heterocycles. The molecule has 0 spiro atoms. The van der Waals surface area contributed by atoms with Crippen LogP contribution in [-0.4, -0.2) is 6.54 Å². The van der Waals surface area contributed by atoms with Gasteiger partial charge in [0.1, 0.15) is 0 Å². The van der Waals surface area contributed by atoms with Crippen LogP contribution in [0, 0.1) is 11.8 Å². The molecule has 0 saturated heterocycles. The smallest absolute Gasteiger partial charge is 0.0484 e. The Morgan fingerprint density at radius 2 is 1.85 bits per heavy atom. The zero-order chi connectivity index (χ0) is 14.1. The molecule has 2 aromatic carbocycles. The Hall–Kier alpha value is -1.05. The average Bonchev–Trinajstić information content (AvgIpc) is 3.30. The quantitative estimate of drug-likeness (QED) is 0.798. The third-order valence-corrected chi connectivity index (χ3v) is 4.88. The second-order valence-electron chi connectivity index (χ2n) is 5.91. The molecule has 2 atom stereocenters. The number of benzene rings is 2. The number of rotatable bonds is 5. The zero-order valence-electron chi connectivity index (χ0n) is 12.2. The molecule has 3 rings (SSSR count). The summed E-state index contributed by atoms with van der Waals surface area (Å²) in [6.45, 7) is 5.57. The van der Waals surface area contributed by atoms with Gasteiger partial charge in [-0.25, -0.2) is 0 Å². The van der Waals surface area contributed by atoms with Crippen LogP contribution in [0.5, 0.6) is 0 Å². The highest BCUT2D eigenvalue weighted by Gasteiger charge is 2.34. The van der Waals surface area contributed by atoms with Gasteiger partial charge in [-0.2, -0.15) is 0 Å². The predicted molar refractivity (Wildman–Crippen MR) is 87.3 cm³/mol. The van der Waals surface area contributed by atoms with Gasteiger partial charge in [-0.3, -0.25) is 0 Å². The van der Waals surface area contributed by atoms with Gasteiger partial charge < -0.3 is 5.32 Å². The highest BCUT2D eigenvalue weighted by atomic mass is 35.5. The van der Waals surface area contributed by atoms with Crippen molar-refractivity contribution in [1.29, 1.82) is 0 Å². The van der Waals surface area contributed by atoms with Crippen molar-refractivity contribution in [1.82, 2.24) is 5.32 Å². The van der Waals surface area contributed by atoms with Gasteiger partial charge in [0.2, 0.25) is 0 Å². The van der Waals surface area contributed by atoms with Crippen LogP contribution in [0.1, 0.15) is 38.3 Å². The van der Waals surface area contributed by atoms with Gasteiger partial charge in [0, 0.05) is 16.5 Å². The fourth-order valence-corrected chi connectivity index (χ4v) is 3.48. The van der Waals surface area contributed by atoms with Crippen LogP contribution < -0.4 is 5.32 Å². The molecule has 0 heterocycles. The van der Waals surface area contributed by atoms with Crippen LogP contribution in [0.25, 0.3) is 10.8 Å². The summed E-state index contributed by atoms with van der Waals surface area (Å²) in [6.07, 6.45) is 2.77. The topological polar surface area (TPSA) is 12.0 Å². The Balaban J connectivity index is 2.08. The van der Waals surface area contributed by atoms with Gasteiger partial charge in [0.15, 0.2) is 0 Å². The minimum absolute atomic E-state index is 0.426. The van der Waals surface area contributed by atoms with Crippen molar-refractivity contribution < 1.29 is 0 Å². The van der Waals surface area contributed by atoms with Gasteiger partial charge >= 0.3 is 0 Å². The average molecular weight is 288 g/mol. The van der Waals surface area contributed by atoms with E-state index < -0.39 is 0 Å². The summed E-state index contributed by atoms with van der Waals surface area (Å²) in [4.78, 5) is 0. The lowest BCUT2D eigenvalue weighted by Gasteiger charge is -2.27. The van der Waals surface area contributed by atoms with E-state index in [0.29, 0.717) is 12.0 Å². The molecule has 1 nitrogen and oxygen atoms in total. The standard InChI is InChI=1S/C18H22ClN/c1-3-20-18(12(2)13-8-9-13)16-10-11-17(19)15-7-5-4-6-14(15)16/h4-7,10-13,18,20H,3,8-9H2,1-2H3. The summed E-state index contributed by atoms with van der Waals surface area (Å²) in [6, 6.07) is 13.2. The molecule has 0 radical (unpaired) electrons. The number of fused-ring (bicyclic) bond motifs is 1. The fourth-order valence-electron chi connectivity index (χ4n) is 3.25. The fraction of sp³-hybridized carbons (Fsp3) is 0.444. The molecule has 2 aromatic rings. The SMILES string of the molecule is CCNC(c1ccc(Cl)c2ccccc12)C(C)C1CC1. The second-order valence-corrected chi connectivity index (χ2v) is 6.32. The Morgan fingerprint density at radius 3 is 2.50 bits per heavy atom. The number of hydrogen-bond donors (Lipinski definition) is 1. The second kappa shape index (κ2) is 5.75. The third-order valence-electron chi connectivity index (χ3n) is 4.56. The van der Waals surface area contributed by atoms with Crippen LogP contribution in [0.2, 0.25) is 5.02 Å². The Labute approximate surface area is 126 Å². The minimum Gasteiger partial charge on any atom is -0.310 e. The van der Waals surface area contributed by atoms with Crippen LogP contribution >= 0.6 is 11.6 Å². The predicted octanol–water partition coefficient (Wildman–Crippen LogP) is 5.19. The number of halogens is 1. The maximum absolute atomic E-state index is 6.34. The molecule has 0 amide bonds. The maximum atomic E-state index is 6.34. The molecule has 0 bridgehead atoms. The summed E-state index contributed by atoms with van der Waals surface area (Å²) >= 11 is 6.34. The van der Waals surface area contributed by atoms with Gasteiger partial charge in [-0.05, 0) is 48.2 Å². The lowest BCUT2D eigenvalue weighted by Crippen LogP contribution is -2.28. The molecule has 1 aliphatic rings. The van der Waals surface area contributed by atoms with Gasteiger partial charge in [0.25, 0.3) is 0 Å². The van der Waals surface area contributed by atoms with Crippen molar-refractivity contribution in [2.75, 3.05) is 6.54 Å². The summed E-state index contributed by atoms with van der Waals surface area (Å²) in [7, 11) is 0. The number of nitrogens with one attached hydrogen (secondary N) is 1. The van der Waals surface area contributed by atoms with E-state index in [2.05, 4.69) is 49.5 Å². The van der Waals surface area contributed by atoms with Crippen LogP contribution in [0.3, 0.4) is 0 Å². The Kier molecular flexibility index (Phi) is 4.00. The van der Waals surface area contributed by atoms with E-state index in [1.807, 2.05) is 6.07 Å². The van der Waals surface area contributed by atoms with Gasteiger partial charge in [-0.15, -0.1) is 0 Å². The van der Waals surface area contributed by atoms with E-state index in [0.717, 1.165) is 22.9 Å². The molecule has 0 aromatic heterocycles. The first-order valence-electron chi connectivity index (χ1n) is 7.63. The van der Waals surface area contributed by atoms with E-state index >= 15 is 0 Å². The van der Waals surface area contributed by atoms with E-state index in [-0.39, 0.29) is 0 Å². The minimum atomic E-state index is 0.426. The van der Waals surface area contributed by atoms with Gasteiger partial charge in [-0.1, -0.05) is 55.8 Å². The monoisotopic (exact) mass is 287 g/mol. The van der Waals surface area contributed by atoms with Crippen molar-refractivity contribution in [2.45, 2.75) is 32.7 Å². The first kappa shape index (κ1) is 13.9. The normalized spacial score (nSPS) is 18.1. The Morgan fingerprint density at radius 1 is 1.15 bits per heavy atom. The third kappa shape index (κ3) is 2.57. The molecule has 106 valence electrons. The van der Waals surface area contributed by atoms with Crippen molar-refractivity contribution in [3.8, 4) is 0 Å². The molecule has 1 fully saturated rings. The maximum Gasteiger partial charge on any atom is 0.0484 e. The van der Waals surface area contributed by atoms with Crippen molar-refractivity contribution in [2.24, 2.45) is 11.8 Å². The van der Waals surface area contributed by atoms with Crippen molar-refractivity contribution >= 4 is 22.4 Å². The highest BCUT2D eigenvalue weighted by Crippen LogP contribution is 2.44. The Bertz CT molecular complexity index is 603. The first-order valence-corrected chi connectivity index (χ1v) is 8.00. The van der Waals surface area contributed by atoms with Crippen molar-refractivity contribution in [3.05, 3.63) is 47.0 Å². The molecule has 2 heteroatoms. The molecule has 2 unspecified atom stereocenters. The lowest BCUT2D eigenvalue weighted by atomic mass is 9.87. The molecular weight excluding hydrogens is 266 g/mol. The van der Waals surface area contributed by atoms with Crippen LogP contribution in [0.15, 0.2) is 36.4 Å². The summed E-state index contributed by atoms with van der Waals surface area (Å²) in [5, 5.41) is 6.99. The van der Waals surface area contributed by atoms with E-state index in [1.165, 1.54) is 23.8 Å². The summed E-state index contributed by atoms with van der Waals surface area (Å²) in [5.74, 6) is 1.56. The highest BCUT2D eigenvalue weighted by molar-refractivity contribution is 6.35. The zero-order valence-corrected chi connectivity index (χ0v) is 13.0. The first-order chi connectivity index (χ1) is 9.72. The van der Waals surface area contributed by atoms with E-state index in [9.17, 15) is 0 Å². The largest absolute Gasteiger partial charge is 0.310 e. The molecular formula is C18H22ClN. The lowest BCUT2D eigenvalue weighted by molar-refractivity contribution is 0.357. The molecule has 20 heavy (non-hydrogen) atoms. The van der Waals surface area contributed by atoms with Crippen LogP contribution in [-0.2, 0) is 0 Å². The van der Waals surface area contributed by atoms with E-state index in [1.54, 1.807) is 0 Å². The van der Waals surface area contributed by atoms with Crippen molar-refractivity contribution in [3.63, 3.8) is 0 Å². The van der Waals surface area contributed by atoms with Gasteiger partial charge in [0.05, 0.1) is 0 Å². The van der Waals surface area contributed by atoms with Crippen LogP contribution in [0.4, 0.5) is 0 Å². The summed E-state index contributed by atoms with van der Waals surface area (Å²) in [5.41, 5.74) is 1.39. The number of hydrogen-bond acceptors (Lipinski definition) is 1.